The van der Waals surface area contributed by atoms with Crippen molar-refractivity contribution in [1.82, 2.24) is 0 Å². The largest absolute Gasteiger partial charge is 0.406 e. The van der Waals surface area contributed by atoms with Crippen LogP contribution in [-0.2, 0) is 14.3 Å². The van der Waals surface area contributed by atoms with Gasteiger partial charge in [0.2, 0.25) is 5.90 Å². The number of aryl methyl sites for hydroxylation is 3. The lowest BCUT2D eigenvalue weighted by atomic mass is 9.99. The fourth-order valence-electron chi connectivity index (χ4n) is 3.10. The van der Waals surface area contributed by atoms with Gasteiger partial charge < -0.3 is 9.47 Å². The van der Waals surface area contributed by atoms with Gasteiger partial charge in [0.05, 0.1) is 0 Å². The zero-order valence-corrected chi connectivity index (χ0v) is 13.3. The van der Waals surface area contributed by atoms with Crippen molar-refractivity contribution in [2.45, 2.75) is 33.6 Å². The van der Waals surface area contributed by atoms with E-state index in [4.69, 9.17) is 9.47 Å². The van der Waals surface area contributed by atoms with Crippen LogP contribution >= 0.6 is 0 Å². The second kappa shape index (κ2) is 6.05. The molecule has 0 atom stereocenters. The molecule has 22 heavy (non-hydrogen) atoms. The number of nitrogens with zero attached hydrogens (tertiary/aromatic N) is 1. The van der Waals surface area contributed by atoms with Crippen molar-refractivity contribution >= 4 is 17.9 Å². The number of benzene rings is 1. The Kier molecular flexibility index (Phi) is 4.12. The number of esters is 1. The molecule has 0 amide bonds. The zero-order chi connectivity index (χ0) is 15.7. The lowest BCUT2D eigenvalue weighted by Crippen LogP contribution is -2.24. The highest BCUT2D eigenvalue weighted by molar-refractivity contribution is 6.08. The van der Waals surface area contributed by atoms with Crippen LogP contribution in [0.1, 0.15) is 35.1 Å². The van der Waals surface area contributed by atoms with Crippen LogP contribution in [0.15, 0.2) is 22.8 Å². The topological polar surface area (TPSA) is 47.9 Å². The van der Waals surface area contributed by atoms with E-state index in [1.807, 2.05) is 6.08 Å². The SMILES string of the molecule is Cc1cc(C)c(/C=C2\N=C(C3CCOCC3)OC2=O)c(C)c1. The first-order chi connectivity index (χ1) is 10.5. The molecule has 2 heterocycles. The number of hydrogen-bond acceptors (Lipinski definition) is 4. The summed E-state index contributed by atoms with van der Waals surface area (Å²) < 4.78 is 10.7. The fraction of sp³-hybridized carbons (Fsp3) is 0.444. The summed E-state index contributed by atoms with van der Waals surface area (Å²) in [7, 11) is 0. The molecule has 0 aromatic heterocycles. The van der Waals surface area contributed by atoms with E-state index in [9.17, 15) is 4.79 Å². The normalized spacial score (nSPS) is 21.1. The molecule has 0 bridgehead atoms. The number of carbonyl (C=O) groups is 1. The summed E-state index contributed by atoms with van der Waals surface area (Å²) in [5, 5.41) is 0. The fourth-order valence-corrected chi connectivity index (χ4v) is 3.10. The molecule has 1 aromatic carbocycles. The van der Waals surface area contributed by atoms with Gasteiger partial charge in [0.25, 0.3) is 0 Å². The van der Waals surface area contributed by atoms with E-state index >= 15 is 0 Å². The van der Waals surface area contributed by atoms with Crippen molar-refractivity contribution in [3.8, 4) is 0 Å². The second-order valence-corrected chi connectivity index (χ2v) is 6.07. The van der Waals surface area contributed by atoms with Gasteiger partial charge in [-0.05, 0) is 56.4 Å². The van der Waals surface area contributed by atoms with Gasteiger partial charge in [-0.1, -0.05) is 17.7 Å². The minimum atomic E-state index is -0.346. The van der Waals surface area contributed by atoms with Gasteiger partial charge >= 0.3 is 5.97 Å². The Morgan fingerprint density at radius 2 is 1.77 bits per heavy atom. The summed E-state index contributed by atoms with van der Waals surface area (Å²) in [4.78, 5) is 16.5. The molecule has 0 spiro atoms. The first-order valence-electron chi connectivity index (χ1n) is 7.72. The lowest BCUT2D eigenvalue weighted by Gasteiger charge is -2.20. The van der Waals surface area contributed by atoms with Crippen molar-refractivity contribution < 1.29 is 14.3 Å². The molecule has 0 N–H and O–H groups in total. The Labute approximate surface area is 130 Å². The zero-order valence-electron chi connectivity index (χ0n) is 13.3. The molecule has 1 saturated heterocycles. The Morgan fingerprint density at radius 3 is 2.41 bits per heavy atom. The van der Waals surface area contributed by atoms with E-state index in [2.05, 4.69) is 37.9 Å². The first-order valence-corrected chi connectivity index (χ1v) is 7.72. The molecule has 0 aliphatic carbocycles. The van der Waals surface area contributed by atoms with E-state index in [1.54, 1.807) is 0 Å². The molecule has 3 rings (SSSR count). The van der Waals surface area contributed by atoms with Gasteiger partial charge in [-0.25, -0.2) is 9.79 Å². The van der Waals surface area contributed by atoms with Gasteiger partial charge in [0, 0.05) is 19.1 Å². The molecule has 0 radical (unpaired) electrons. The van der Waals surface area contributed by atoms with E-state index < -0.39 is 0 Å². The highest BCUT2D eigenvalue weighted by Crippen LogP contribution is 2.26. The van der Waals surface area contributed by atoms with Crippen molar-refractivity contribution in [2.24, 2.45) is 10.9 Å². The summed E-state index contributed by atoms with van der Waals surface area (Å²) in [6, 6.07) is 4.23. The Bertz CT molecular complexity index is 644. The lowest BCUT2D eigenvalue weighted by molar-refractivity contribution is -0.130. The third-order valence-electron chi connectivity index (χ3n) is 4.23. The van der Waals surface area contributed by atoms with Gasteiger partial charge in [-0.3, -0.25) is 0 Å². The summed E-state index contributed by atoms with van der Waals surface area (Å²) in [5.41, 5.74) is 4.96. The molecular formula is C18H21NO3. The average Bonchev–Trinajstić information content (AvgIpc) is 2.85. The van der Waals surface area contributed by atoms with Crippen LogP contribution in [0.5, 0.6) is 0 Å². The molecule has 0 saturated carbocycles. The molecule has 2 aliphatic rings. The summed E-state index contributed by atoms with van der Waals surface area (Å²) in [6.07, 6.45) is 3.57. The third-order valence-corrected chi connectivity index (χ3v) is 4.23. The molecule has 2 aliphatic heterocycles. The Balaban J connectivity index is 1.91. The highest BCUT2D eigenvalue weighted by Gasteiger charge is 2.30. The third kappa shape index (κ3) is 2.97. The summed E-state index contributed by atoms with van der Waals surface area (Å²) in [6.45, 7) is 7.58. The summed E-state index contributed by atoms with van der Waals surface area (Å²) >= 11 is 0. The predicted octanol–water partition coefficient (Wildman–Crippen LogP) is 3.33. The Hall–Kier alpha value is -1.94. The monoisotopic (exact) mass is 299 g/mol. The van der Waals surface area contributed by atoms with Crippen LogP contribution < -0.4 is 0 Å². The highest BCUT2D eigenvalue weighted by atomic mass is 16.6. The van der Waals surface area contributed by atoms with Crippen molar-refractivity contribution in [1.29, 1.82) is 0 Å². The first kappa shape index (κ1) is 15.0. The van der Waals surface area contributed by atoms with Gasteiger partial charge in [0.15, 0.2) is 5.70 Å². The van der Waals surface area contributed by atoms with E-state index in [0.29, 0.717) is 24.8 Å². The maximum atomic E-state index is 12.1. The van der Waals surface area contributed by atoms with Gasteiger partial charge in [-0.15, -0.1) is 0 Å². The second-order valence-electron chi connectivity index (χ2n) is 6.07. The van der Waals surface area contributed by atoms with Crippen molar-refractivity contribution in [3.63, 3.8) is 0 Å². The van der Waals surface area contributed by atoms with Crippen molar-refractivity contribution in [3.05, 3.63) is 40.1 Å². The standard InChI is InChI=1S/C18H21NO3/c1-11-8-12(2)15(13(3)9-11)10-16-18(20)22-17(19-16)14-4-6-21-7-5-14/h8-10,14H,4-7H2,1-3H3/b16-10-. The molecule has 116 valence electrons. The maximum absolute atomic E-state index is 12.1. The number of cyclic esters (lactones) is 1. The van der Waals surface area contributed by atoms with Crippen LogP contribution in [0.4, 0.5) is 0 Å². The van der Waals surface area contributed by atoms with Crippen LogP contribution in [0, 0.1) is 26.7 Å². The number of hydrogen-bond donors (Lipinski definition) is 0. The maximum Gasteiger partial charge on any atom is 0.363 e. The number of aliphatic imine (C=N–C) groups is 1. The van der Waals surface area contributed by atoms with Gasteiger partial charge in [-0.2, -0.15) is 0 Å². The molecule has 1 aromatic rings. The van der Waals surface area contributed by atoms with Crippen LogP contribution in [0.2, 0.25) is 0 Å². The summed E-state index contributed by atoms with van der Waals surface area (Å²) in [5.74, 6) is 0.409. The quantitative estimate of drug-likeness (QED) is 0.621. The molecular weight excluding hydrogens is 278 g/mol. The molecule has 0 unspecified atom stereocenters. The minimum Gasteiger partial charge on any atom is -0.406 e. The van der Waals surface area contributed by atoms with Crippen molar-refractivity contribution in [2.75, 3.05) is 13.2 Å². The van der Waals surface area contributed by atoms with E-state index in [0.717, 1.165) is 29.5 Å². The van der Waals surface area contributed by atoms with E-state index in [1.165, 1.54) is 5.56 Å². The molecule has 4 heteroatoms. The van der Waals surface area contributed by atoms with Crippen LogP contribution in [0.25, 0.3) is 6.08 Å². The van der Waals surface area contributed by atoms with E-state index in [-0.39, 0.29) is 11.9 Å². The predicted molar refractivity (Wildman–Crippen MR) is 85.7 cm³/mol. The van der Waals surface area contributed by atoms with Gasteiger partial charge in [0.1, 0.15) is 0 Å². The number of ether oxygens (including phenoxy) is 2. The molecule has 4 nitrogen and oxygen atoms in total. The molecule has 1 fully saturated rings. The van der Waals surface area contributed by atoms with Crippen LogP contribution in [0.3, 0.4) is 0 Å². The smallest absolute Gasteiger partial charge is 0.363 e. The number of carbonyl (C=O) groups excluding carboxylic acids is 1. The Morgan fingerprint density at radius 1 is 1.14 bits per heavy atom. The minimum absolute atomic E-state index is 0.198. The van der Waals surface area contributed by atoms with Crippen LogP contribution in [-0.4, -0.2) is 25.1 Å². The number of rotatable bonds is 2. The average molecular weight is 299 g/mol.